The lowest BCUT2D eigenvalue weighted by Gasteiger charge is -2.37. The summed E-state index contributed by atoms with van der Waals surface area (Å²) in [7, 11) is 0. The Hall–Kier alpha value is -1.62. The number of rotatable bonds is 3. The van der Waals surface area contributed by atoms with Gasteiger partial charge >= 0.3 is 0 Å². The van der Waals surface area contributed by atoms with Gasteiger partial charge in [0.25, 0.3) is 0 Å². The van der Waals surface area contributed by atoms with Crippen molar-refractivity contribution in [3.8, 4) is 6.07 Å². The van der Waals surface area contributed by atoms with Crippen molar-refractivity contribution in [3.63, 3.8) is 0 Å². The summed E-state index contributed by atoms with van der Waals surface area (Å²) in [4.78, 5) is 11.4. The molecule has 1 aromatic rings. The first-order valence-corrected chi connectivity index (χ1v) is 6.21. The highest BCUT2D eigenvalue weighted by Gasteiger charge is 2.35. The number of nitrogens with zero attached hydrogens (tertiary/aromatic N) is 1. The second kappa shape index (κ2) is 5.14. The number of Topliss-reactive ketones (excluding diaryl/α,β-unsaturated/α-hetero) is 1. The second-order valence-corrected chi connectivity index (χ2v) is 4.84. The zero-order valence-corrected chi connectivity index (χ0v) is 9.98. The Morgan fingerprint density at radius 1 is 1.18 bits per heavy atom. The molecule has 0 atom stereocenters. The van der Waals surface area contributed by atoms with Crippen molar-refractivity contribution in [1.82, 2.24) is 0 Å². The summed E-state index contributed by atoms with van der Waals surface area (Å²) in [5.74, 6) is 0.369. The fourth-order valence-corrected chi connectivity index (χ4v) is 2.78. The summed E-state index contributed by atoms with van der Waals surface area (Å²) in [6.45, 7) is 0. The highest BCUT2D eigenvalue weighted by atomic mass is 16.1. The van der Waals surface area contributed by atoms with Crippen LogP contribution in [-0.2, 0) is 10.2 Å². The van der Waals surface area contributed by atoms with Crippen LogP contribution in [0.1, 0.15) is 44.1 Å². The molecule has 0 unspecified atom stereocenters. The van der Waals surface area contributed by atoms with E-state index >= 15 is 0 Å². The van der Waals surface area contributed by atoms with E-state index in [9.17, 15) is 4.79 Å². The van der Waals surface area contributed by atoms with Gasteiger partial charge in [-0.1, -0.05) is 30.3 Å². The molecular weight excluding hydrogens is 210 g/mol. The Morgan fingerprint density at radius 3 is 2.41 bits per heavy atom. The van der Waals surface area contributed by atoms with E-state index < -0.39 is 0 Å². The van der Waals surface area contributed by atoms with Gasteiger partial charge in [0.1, 0.15) is 5.78 Å². The van der Waals surface area contributed by atoms with Crippen LogP contribution in [0.2, 0.25) is 0 Å². The maximum atomic E-state index is 11.4. The van der Waals surface area contributed by atoms with E-state index in [1.54, 1.807) is 0 Å². The zero-order chi connectivity index (χ0) is 12.1. The average molecular weight is 227 g/mol. The summed E-state index contributed by atoms with van der Waals surface area (Å²) in [5.41, 5.74) is 1.35. The number of hydrogen-bond donors (Lipinski definition) is 0. The van der Waals surface area contributed by atoms with E-state index in [1.165, 1.54) is 5.56 Å². The molecule has 17 heavy (non-hydrogen) atoms. The third-order valence-electron chi connectivity index (χ3n) is 3.87. The van der Waals surface area contributed by atoms with Gasteiger partial charge in [-0.25, -0.2) is 0 Å². The topological polar surface area (TPSA) is 40.9 Å². The number of carbonyl (C=O) groups is 1. The minimum absolute atomic E-state index is 0.0604. The molecule has 1 aliphatic rings. The fourth-order valence-electron chi connectivity index (χ4n) is 2.78. The molecule has 0 N–H and O–H groups in total. The van der Waals surface area contributed by atoms with E-state index in [1.807, 2.05) is 18.2 Å². The van der Waals surface area contributed by atoms with Crippen molar-refractivity contribution in [1.29, 1.82) is 5.26 Å². The molecule has 2 rings (SSSR count). The molecule has 1 saturated carbocycles. The second-order valence-electron chi connectivity index (χ2n) is 4.84. The molecule has 1 fully saturated rings. The maximum absolute atomic E-state index is 11.4. The number of nitriles is 1. The Bertz CT molecular complexity index is 420. The van der Waals surface area contributed by atoms with Gasteiger partial charge < -0.3 is 0 Å². The van der Waals surface area contributed by atoms with E-state index in [-0.39, 0.29) is 5.41 Å². The van der Waals surface area contributed by atoms with Gasteiger partial charge in [0, 0.05) is 19.3 Å². The SMILES string of the molecule is N#CCCC1(c2ccccc2)CCC(=O)CC1. The Balaban J connectivity index is 2.25. The van der Waals surface area contributed by atoms with Crippen molar-refractivity contribution >= 4 is 5.78 Å². The largest absolute Gasteiger partial charge is 0.300 e. The zero-order valence-electron chi connectivity index (χ0n) is 9.98. The number of carbonyl (C=O) groups excluding carboxylic acids is 1. The third-order valence-corrected chi connectivity index (χ3v) is 3.87. The maximum Gasteiger partial charge on any atom is 0.132 e. The lowest BCUT2D eigenvalue weighted by molar-refractivity contribution is -0.121. The molecule has 2 nitrogen and oxygen atoms in total. The standard InChI is InChI=1S/C15H17NO/c16-12-4-9-15(10-7-14(17)8-11-15)13-5-2-1-3-6-13/h1-3,5-6H,4,7-11H2. The molecule has 1 aromatic carbocycles. The van der Waals surface area contributed by atoms with Crippen LogP contribution in [0.4, 0.5) is 0 Å². The molecular formula is C15H17NO. The van der Waals surface area contributed by atoms with Crippen LogP contribution >= 0.6 is 0 Å². The molecule has 0 saturated heterocycles. The molecule has 88 valence electrons. The van der Waals surface area contributed by atoms with Gasteiger partial charge in [0.05, 0.1) is 6.07 Å². The molecule has 0 aromatic heterocycles. The van der Waals surface area contributed by atoms with Crippen molar-refractivity contribution in [2.24, 2.45) is 0 Å². The van der Waals surface area contributed by atoms with Crippen LogP contribution in [0.25, 0.3) is 0 Å². The van der Waals surface area contributed by atoms with E-state index in [2.05, 4.69) is 18.2 Å². The molecule has 0 heterocycles. The fraction of sp³-hybridized carbons (Fsp3) is 0.467. The lowest BCUT2D eigenvalue weighted by Crippen LogP contribution is -2.31. The van der Waals surface area contributed by atoms with Gasteiger partial charge in [0.15, 0.2) is 0 Å². The molecule has 0 aliphatic heterocycles. The van der Waals surface area contributed by atoms with Crippen LogP contribution < -0.4 is 0 Å². The minimum atomic E-state index is 0.0604. The lowest BCUT2D eigenvalue weighted by atomic mass is 9.66. The normalized spacial score (nSPS) is 18.6. The Morgan fingerprint density at radius 2 is 1.82 bits per heavy atom. The van der Waals surface area contributed by atoms with E-state index in [0.717, 1.165) is 19.3 Å². The molecule has 0 spiro atoms. The van der Waals surface area contributed by atoms with Crippen LogP contribution in [0, 0.1) is 11.3 Å². The summed E-state index contributed by atoms with van der Waals surface area (Å²) in [6, 6.07) is 12.6. The summed E-state index contributed by atoms with van der Waals surface area (Å²) >= 11 is 0. The Labute approximate surface area is 102 Å². The first-order chi connectivity index (χ1) is 8.27. The van der Waals surface area contributed by atoms with Crippen molar-refractivity contribution in [3.05, 3.63) is 35.9 Å². The summed E-state index contributed by atoms with van der Waals surface area (Å²) in [5, 5.41) is 8.79. The molecule has 1 aliphatic carbocycles. The molecule has 0 amide bonds. The van der Waals surface area contributed by atoms with Gasteiger partial charge in [-0.15, -0.1) is 0 Å². The third kappa shape index (κ3) is 2.55. The predicted molar refractivity (Wildman–Crippen MR) is 66.4 cm³/mol. The van der Waals surface area contributed by atoms with E-state index in [4.69, 9.17) is 5.26 Å². The monoisotopic (exact) mass is 227 g/mol. The first kappa shape index (κ1) is 11.9. The number of hydrogen-bond acceptors (Lipinski definition) is 2. The van der Waals surface area contributed by atoms with Crippen LogP contribution in [0.15, 0.2) is 30.3 Å². The van der Waals surface area contributed by atoms with Crippen LogP contribution in [-0.4, -0.2) is 5.78 Å². The van der Waals surface area contributed by atoms with Crippen molar-refractivity contribution in [2.75, 3.05) is 0 Å². The van der Waals surface area contributed by atoms with Gasteiger partial charge in [0.2, 0.25) is 0 Å². The average Bonchev–Trinajstić information content (AvgIpc) is 2.40. The smallest absolute Gasteiger partial charge is 0.132 e. The van der Waals surface area contributed by atoms with Crippen LogP contribution in [0.5, 0.6) is 0 Å². The predicted octanol–water partition coefficient (Wildman–Crippen LogP) is 3.37. The van der Waals surface area contributed by atoms with Gasteiger partial charge in [-0.3, -0.25) is 4.79 Å². The summed E-state index contributed by atoms with van der Waals surface area (Å²) < 4.78 is 0. The van der Waals surface area contributed by atoms with Crippen molar-refractivity contribution in [2.45, 2.75) is 43.9 Å². The molecule has 0 bridgehead atoms. The highest BCUT2D eigenvalue weighted by molar-refractivity contribution is 5.79. The number of ketones is 1. The Kier molecular flexibility index (Phi) is 3.58. The quantitative estimate of drug-likeness (QED) is 0.794. The van der Waals surface area contributed by atoms with E-state index in [0.29, 0.717) is 25.0 Å². The minimum Gasteiger partial charge on any atom is -0.300 e. The number of benzene rings is 1. The first-order valence-electron chi connectivity index (χ1n) is 6.21. The molecule has 2 heteroatoms. The van der Waals surface area contributed by atoms with Gasteiger partial charge in [-0.2, -0.15) is 5.26 Å². The summed E-state index contributed by atoms with van der Waals surface area (Å²) in [6.07, 6.45) is 4.58. The highest BCUT2D eigenvalue weighted by Crippen LogP contribution is 2.41. The molecule has 0 radical (unpaired) electrons. The van der Waals surface area contributed by atoms with Crippen molar-refractivity contribution < 1.29 is 4.79 Å². The van der Waals surface area contributed by atoms with Gasteiger partial charge in [-0.05, 0) is 30.2 Å². The van der Waals surface area contributed by atoms with Crippen LogP contribution in [0.3, 0.4) is 0 Å².